The predicted molar refractivity (Wildman–Crippen MR) is 110 cm³/mol. The molecule has 0 N–H and O–H groups in total. The van der Waals surface area contributed by atoms with Gasteiger partial charge in [-0.3, -0.25) is 19.3 Å². The first-order valence-corrected chi connectivity index (χ1v) is 10.7. The molecule has 2 aromatic carbocycles. The fourth-order valence-corrected chi connectivity index (χ4v) is 4.36. The quantitative estimate of drug-likeness (QED) is 0.567. The van der Waals surface area contributed by atoms with Gasteiger partial charge in [-0.15, -0.1) is 11.8 Å². The summed E-state index contributed by atoms with van der Waals surface area (Å²) >= 11 is 1.67. The number of para-hydroxylation sites is 1. The minimum atomic E-state index is -0.767. The van der Waals surface area contributed by atoms with Gasteiger partial charge in [0.15, 0.2) is 6.10 Å². The molecule has 2 aliphatic heterocycles. The predicted octanol–water partition coefficient (Wildman–Crippen LogP) is 3.91. The number of likely N-dealkylation sites (tertiary alicyclic amines) is 1. The summed E-state index contributed by atoms with van der Waals surface area (Å²) in [5, 5.41) is 1.74. The number of anilines is 1. The molecule has 3 atom stereocenters. The van der Waals surface area contributed by atoms with Gasteiger partial charge in [-0.2, -0.15) is 0 Å². The molecule has 146 valence electrons. The van der Waals surface area contributed by atoms with Crippen molar-refractivity contribution >= 4 is 29.3 Å². The molecule has 0 radical (unpaired) electrons. The van der Waals surface area contributed by atoms with Crippen molar-refractivity contribution in [1.29, 1.82) is 0 Å². The second kappa shape index (κ2) is 7.60. The number of rotatable bonds is 5. The van der Waals surface area contributed by atoms with E-state index in [0.29, 0.717) is 6.54 Å². The molecule has 0 saturated carbocycles. The Hall–Kier alpha value is -2.31. The molecule has 2 aromatic rings. The Morgan fingerprint density at radius 1 is 1.00 bits per heavy atom. The molecule has 28 heavy (non-hydrogen) atoms. The number of fused-ring (bicyclic) bond motifs is 1. The van der Waals surface area contributed by atoms with E-state index in [9.17, 15) is 9.59 Å². The van der Waals surface area contributed by atoms with Gasteiger partial charge in [0.1, 0.15) is 5.92 Å². The van der Waals surface area contributed by atoms with Gasteiger partial charge in [0.05, 0.1) is 11.7 Å². The number of hydroxylamine groups is 1. The van der Waals surface area contributed by atoms with Gasteiger partial charge in [0.25, 0.3) is 5.91 Å². The molecule has 2 heterocycles. The fourth-order valence-electron chi connectivity index (χ4n) is 3.96. The van der Waals surface area contributed by atoms with Gasteiger partial charge in [-0.1, -0.05) is 44.2 Å². The fraction of sp³-hybridized carbons (Fsp3) is 0.364. The topological polar surface area (TPSA) is 49.9 Å². The van der Waals surface area contributed by atoms with Gasteiger partial charge in [0, 0.05) is 11.4 Å². The highest BCUT2D eigenvalue weighted by Crippen LogP contribution is 2.46. The van der Waals surface area contributed by atoms with Crippen LogP contribution in [0.1, 0.15) is 25.5 Å². The maximum atomic E-state index is 13.2. The van der Waals surface area contributed by atoms with Crippen molar-refractivity contribution in [2.75, 3.05) is 17.9 Å². The van der Waals surface area contributed by atoms with E-state index < -0.39 is 12.0 Å². The van der Waals surface area contributed by atoms with Crippen molar-refractivity contribution < 1.29 is 14.4 Å². The van der Waals surface area contributed by atoms with E-state index in [1.165, 1.54) is 4.90 Å². The zero-order valence-electron chi connectivity index (χ0n) is 16.2. The second-order valence-corrected chi connectivity index (χ2v) is 8.49. The van der Waals surface area contributed by atoms with Crippen LogP contribution in [0, 0.1) is 11.8 Å². The Bertz CT molecular complexity index is 869. The highest BCUT2D eigenvalue weighted by Gasteiger charge is 2.59. The number of thioether (sulfide) groups is 1. The number of amides is 2. The van der Waals surface area contributed by atoms with E-state index in [0.717, 1.165) is 16.1 Å². The van der Waals surface area contributed by atoms with Crippen LogP contribution in [-0.2, 0) is 14.4 Å². The summed E-state index contributed by atoms with van der Waals surface area (Å²) in [5.74, 6) is -0.684. The third-order valence-corrected chi connectivity index (χ3v) is 5.97. The van der Waals surface area contributed by atoms with Gasteiger partial charge >= 0.3 is 0 Å². The van der Waals surface area contributed by atoms with Crippen LogP contribution in [-0.4, -0.2) is 35.6 Å². The van der Waals surface area contributed by atoms with Crippen molar-refractivity contribution in [3.8, 4) is 0 Å². The molecular weight excluding hydrogens is 372 g/mol. The van der Waals surface area contributed by atoms with Gasteiger partial charge in [0.2, 0.25) is 5.91 Å². The van der Waals surface area contributed by atoms with E-state index in [-0.39, 0.29) is 23.8 Å². The highest BCUT2D eigenvalue weighted by molar-refractivity contribution is 7.98. The van der Waals surface area contributed by atoms with Crippen molar-refractivity contribution in [3.63, 3.8) is 0 Å². The van der Waals surface area contributed by atoms with E-state index in [4.69, 9.17) is 4.84 Å². The third-order valence-electron chi connectivity index (χ3n) is 5.22. The van der Waals surface area contributed by atoms with Crippen LogP contribution in [0.2, 0.25) is 0 Å². The Balaban J connectivity index is 1.74. The lowest BCUT2D eigenvalue weighted by Crippen LogP contribution is -2.39. The largest absolute Gasteiger partial charge is 0.280 e. The minimum absolute atomic E-state index is 0.138. The number of hydrogen-bond acceptors (Lipinski definition) is 5. The summed E-state index contributed by atoms with van der Waals surface area (Å²) in [6.45, 7) is 4.44. The lowest BCUT2D eigenvalue weighted by molar-refractivity contribution is -0.143. The van der Waals surface area contributed by atoms with Crippen molar-refractivity contribution in [2.24, 2.45) is 11.8 Å². The summed E-state index contributed by atoms with van der Waals surface area (Å²) in [6, 6.07) is 17.5. The normalized spacial score (nSPS) is 24.4. The number of benzene rings is 2. The van der Waals surface area contributed by atoms with Crippen molar-refractivity contribution in [2.45, 2.75) is 30.9 Å². The molecule has 2 fully saturated rings. The molecule has 4 rings (SSSR count). The summed E-state index contributed by atoms with van der Waals surface area (Å²) < 4.78 is 0. The standard InChI is InChI=1S/C22H24N2O3S/c1-14(2)13-23-21(25)18-19(15-9-11-17(28-3)12-10-15)24(27-20(18)22(23)26)16-7-5-4-6-8-16/h4-12,14,18-20H,13H2,1-3H3/t18-,19+,20+/m0/s1. The average Bonchev–Trinajstić information content (AvgIpc) is 3.21. The van der Waals surface area contributed by atoms with E-state index in [1.54, 1.807) is 16.8 Å². The van der Waals surface area contributed by atoms with Gasteiger partial charge in [-0.05, 0) is 42.0 Å². The summed E-state index contributed by atoms with van der Waals surface area (Å²) in [7, 11) is 0. The molecule has 0 bridgehead atoms. The Kier molecular flexibility index (Phi) is 5.17. The monoisotopic (exact) mass is 396 g/mol. The lowest BCUT2D eigenvalue weighted by Gasteiger charge is -2.29. The molecular formula is C22H24N2O3S. The van der Waals surface area contributed by atoms with Crippen LogP contribution >= 0.6 is 11.8 Å². The van der Waals surface area contributed by atoms with E-state index >= 15 is 0 Å². The average molecular weight is 397 g/mol. The first kappa shape index (κ1) is 19.0. The zero-order chi connectivity index (χ0) is 19.8. The Labute approximate surface area is 169 Å². The van der Waals surface area contributed by atoms with Crippen molar-refractivity contribution in [1.82, 2.24) is 4.90 Å². The summed E-state index contributed by atoms with van der Waals surface area (Å²) in [5.41, 5.74) is 1.81. The molecule has 2 saturated heterocycles. The highest BCUT2D eigenvalue weighted by atomic mass is 32.2. The van der Waals surface area contributed by atoms with Crippen LogP contribution in [0.4, 0.5) is 5.69 Å². The number of hydrogen-bond donors (Lipinski definition) is 0. The van der Waals surface area contributed by atoms with Crippen LogP contribution in [0.5, 0.6) is 0 Å². The van der Waals surface area contributed by atoms with Crippen LogP contribution in [0.3, 0.4) is 0 Å². The van der Waals surface area contributed by atoms with Crippen LogP contribution in [0.25, 0.3) is 0 Å². The number of carbonyl (C=O) groups is 2. The molecule has 0 aliphatic carbocycles. The number of nitrogens with zero attached hydrogens (tertiary/aromatic N) is 2. The molecule has 6 heteroatoms. The smallest absolute Gasteiger partial charge is 0.262 e. The molecule has 5 nitrogen and oxygen atoms in total. The molecule has 2 amide bonds. The minimum Gasteiger partial charge on any atom is -0.280 e. The van der Waals surface area contributed by atoms with E-state index in [2.05, 4.69) is 0 Å². The summed E-state index contributed by atoms with van der Waals surface area (Å²) in [4.78, 5) is 34.8. The number of imide groups is 1. The first-order valence-electron chi connectivity index (χ1n) is 9.51. The maximum absolute atomic E-state index is 13.2. The zero-order valence-corrected chi connectivity index (χ0v) is 17.1. The lowest BCUT2D eigenvalue weighted by atomic mass is 9.90. The van der Waals surface area contributed by atoms with Gasteiger partial charge in [-0.25, -0.2) is 5.06 Å². The molecule has 2 aliphatic rings. The number of carbonyl (C=O) groups excluding carboxylic acids is 2. The van der Waals surface area contributed by atoms with Crippen LogP contribution < -0.4 is 5.06 Å². The second-order valence-electron chi connectivity index (χ2n) is 7.61. The summed E-state index contributed by atoms with van der Waals surface area (Å²) in [6.07, 6.45) is 1.26. The SMILES string of the molecule is CSc1ccc([C@@H]2[C@@H]3C(=O)N(CC(C)C)C(=O)[C@@H]3ON2c2ccccc2)cc1. The first-order chi connectivity index (χ1) is 13.5. The Morgan fingerprint density at radius 3 is 2.29 bits per heavy atom. The van der Waals surface area contributed by atoms with Crippen LogP contribution in [0.15, 0.2) is 59.5 Å². The van der Waals surface area contributed by atoms with Crippen molar-refractivity contribution in [3.05, 3.63) is 60.2 Å². The third kappa shape index (κ3) is 3.20. The van der Waals surface area contributed by atoms with Gasteiger partial charge < -0.3 is 0 Å². The Morgan fingerprint density at radius 2 is 1.68 bits per heavy atom. The molecule has 0 aromatic heterocycles. The molecule has 0 spiro atoms. The molecule has 0 unspecified atom stereocenters. The van der Waals surface area contributed by atoms with E-state index in [1.807, 2.05) is 74.7 Å². The maximum Gasteiger partial charge on any atom is 0.262 e.